The highest BCUT2D eigenvalue weighted by Crippen LogP contribution is 2.37. The van der Waals surface area contributed by atoms with Gasteiger partial charge in [-0.05, 0) is 68.7 Å². The first-order valence-electron chi connectivity index (χ1n) is 10.4. The zero-order valence-electron chi connectivity index (χ0n) is 16.5. The Labute approximate surface area is 171 Å². The second-order valence-corrected chi connectivity index (χ2v) is 8.39. The van der Waals surface area contributed by atoms with Crippen LogP contribution in [0.25, 0.3) is 6.08 Å². The van der Waals surface area contributed by atoms with E-state index in [4.69, 9.17) is 11.6 Å². The van der Waals surface area contributed by atoms with Crippen molar-refractivity contribution in [1.29, 1.82) is 0 Å². The maximum atomic E-state index is 6.67. The summed E-state index contributed by atoms with van der Waals surface area (Å²) in [6.45, 7) is 5.65. The highest BCUT2D eigenvalue weighted by atomic mass is 35.5. The molecule has 0 unspecified atom stereocenters. The molecule has 0 atom stereocenters. The van der Waals surface area contributed by atoms with Crippen molar-refractivity contribution >= 4 is 30.1 Å². The van der Waals surface area contributed by atoms with Gasteiger partial charge in [0.15, 0.2) is 0 Å². The van der Waals surface area contributed by atoms with E-state index in [-0.39, 0.29) is 12.4 Å². The minimum Gasteiger partial charge on any atom is -0.372 e. The maximum Gasteiger partial charge on any atom is 0.0446 e. The number of benzene rings is 1. The number of rotatable bonds is 5. The van der Waals surface area contributed by atoms with Crippen molar-refractivity contribution in [3.05, 3.63) is 40.0 Å². The standard InChI is InChI=1S/C23H34ClN.ClH/c1-3-25(21-12-8-5-9-13-21)18(2)16-19-14-15-22(23(24)17-19)20-10-6-4-7-11-20;/h14-17,20-21H,3-13H2,1-2H3;1H/b18-16-;. The molecule has 0 saturated heterocycles. The molecule has 26 heavy (non-hydrogen) atoms. The molecule has 146 valence electrons. The molecule has 2 aliphatic carbocycles. The van der Waals surface area contributed by atoms with Crippen LogP contribution in [0.2, 0.25) is 5.02 Å². The van der Waals surface area contributed by atoms with Crippen LogP contribution in [0.15, 0.2) is 23.9 Å². The molecule has 2 saturated carbocycles. The van der Waals surface area contributed by atoms with Crippen LogP contribution in [0.4, 0.5) is 0 Å². The number of hydrogen-bond donors (Lipinski definition) is 0. The lowest BCUT2D eigenvalue weighted by atomic mass is 9.84. The van der Waals surface area contributed by atoms with Gasteiger partial charge < -0.3 is 4.90 Å². The van der Waals surface area contributed by atoms with Gasteiger partial charge >= 0.3 is 0 Å². The average Bonchev–Trinajstić information content (AvgIpc) is 2.64. The molecule has 0 bridgehead atoms. The summed E-state index contributed by atoms with van der Waals surface area (Å²) in [4.78, 5) is 2.60. The summed E-state index contributed by atoms with van der Waals surface area (Å²) in [7, 11) is 0. The van der Waals surface area contributed by atoms with Crippen molar-refractivity contribution in [2.45, 2.75) is 90.0 Å². The van der Waals surface area contributed by atoms with E-state index in [0.717, 1.165) is 17.6 Å². The molecule has 0 aliphatic heterocycles. The van der Waals surface area contributed by atoms with Crippen LogP contribution in [0, 0.1) is 0 Å². The van der Waals surface area contributed by atoms with Gasteiger partial charge in [-0.2, -0.15) is 0 Å². The summed E-state index contributed by atoms with van der Waals surface area (Å²) < 4.78 is 0. The minimum absolute atomic E-state index is 0. The highest BCUT2D eigenvalue weighted by Gasteiger charge is 2.20. The number of allylic oxidation sites excluding steroid dienone is 1. The van der Waals surface area contributed by atoms with Gasteiger partial charge in [-0.25, -0.2) is 0 Å². The van der Waals surface area contributed by atoms with Crippen LogP contribution in [0.3, 0.4) is 0 Å². The average molecular weight is 396 g/mol. The van der Waals surface area contributed by atoms with Crippen molar-refractivity contribution in [3.63, 3.8) is 0 Å². The van der Waals surface area contributed by atoms with Gasteiger partial charge in [0.1, 0.15) is 0 Å². The summed E-state index contributed by atoms with van der Waals surface area (Å²) in [6.07, 6.45) is 15.9. The Morgan fingerprint density at radius 1 is 1.04 bits per heavy atom. The Bertz CT molecular complexity index is 584. The van der Waals surface area contributed by atoms with Gasteiger partial charge in [-0.3, -0.25) is 0 Å². The summed E-state index contributed by atoms with van der Waals surface area (Å²) >= 11 is 6.67. The quantitative estimate of drug-likeness (QED) is 0.490. The van der Waals surface area contributed by atoms with Crippen molar-refractivity contribution in [2.75, 3.05) is 6.54 Å². The van der Waals surface area contributed by atoms with E-state index in [9.17, 15) is 0 Å². The predicted octanol–water partition coefficient (Wildman–Crippen LogP) is 7.82. The van der Waals surface area contributed by atoms with Crippen molar-refractivity contribution in [2.24, 2.45) is 0 Å². The Morgan fingerprint density at radius 2 is 1.65 bits per heavy atom. The predicted molar refractivity (Wildman–Crippen MR) is 117 cm³/mol. The molecule has 2 fully saturated rings. The lowest BCUT2D eigenvalue weighted by Crippen LogP contribution is -2.35. The van der Waals surface area contributed by atoms with Crippen LogP contribution < -0.4 is 0 Å². The first-order chi connectivity index (χ1) is 12.2. The lowest BCUT2D eigenvalue weighted by Gasteiger charge is -2.36. The number of hydrogen-bond acceptors (Lipinski definition) is 1. The summed E-state index contributed by atoms with van der Waals surface area (Å²) in [5.41, 5.74) is 4.00. The van der Waals surface area contributed by atoms with Crippen molar-refractivity contribution < 1.29 is 0 Å². The molecule has 0 radical (unpaired) electrons. The van der Waals surface area contributed by atoms with Crippen molar-refractivity contribution in [1.82, 2.24) is 4.90 Å². The van der Waals surface area contributed by atoms with Crippen molar-refractivity contribution in [3.8, 4) is 0 Å². The van der Waals surface area contributed by atoms with E-state index in [1.807, 2.05) is 0 Å². The third kappa shape index (κ3) is 5.42. The third-order valence-electron chi connectivity index (χ3n) is 6.25. The summed E-state index contributed by atoms with van der Waals surface area (Å²) in [5, 5.41) is 0.967. The third-order valence-corrected chi connectivity index (χ3v) is 6.58. The second kappa shape index (κ2) is 10.6. The highest BCUT2D eigenvalue weighted by molar-refractivity contribution is 6.31. The number of halogens is 2. The largest absolute Gasteiger partial charge is 0.372 e. The Morgan fingerprint density at radius 3 is 2.23 bits per heavy atom. The second-order valence-electron chi connectivity index (χ2n) is 7.98. The normalized spacial score (nSPS) is 19.9. The van der Waals surface area contributed by atoms with E-state index >= 15 is 0 Å². The molecule has 0 heterocycles. The zero-order chi connectivity index (χ0) is 17.6. The summed E-state index contributed by atoms with van der Waals surface area (Å²) in [6, 6.07) is 7.47. The van der Waals surface area contributed by atoms with Crippen LogP contribution in [0.5, 0.6) is 0 Å². The Hall–Kier alpha value is -0.660. The monoisotopic (exact) mass is 395 g/mol. The maximum absolute atomic E-state index is 6.67. The van der Waals surface area contributed by atoms with Gasteiger partial charge in [0, 0.05) is 23.3 Å². The van der Waals surface area contributed by atoms with Gasteiger partial charge in [0.2, 0.25) is 0 Å². The van der Waals surface area contributed by atoms with Crippen LogP contribution >= 0.6 is 24.0 Å². The van der Waals surface area contributed by atoms with E-state index in [1.165, 1.54) is 81.0 Å². The van der Waals surface area contributed by atoms with E-state index in [0.29, 0.717) is 5.92 Å². The van der Waals surface area contributed by atoms with Gasteiger partial charge in [-0.1, -0.05) is 62.3 Å². The molecule has 1 nitrogen and oxygen atoms in total. The molecular weight excluding hydrogens is 361 g/mol. The molecular formula is C23H35Cl2N. The molecule has 0 N–H and O–H groups in total. The Balaban J connectivity index is 0.00000243. The Kier molecular flexibility index (Phi) is 8.84. The first-order valence-corrected chi connectivity index (χ1v) is 10.8. The lowest BCUT2D eigenvalue weighted by molar-refractivity contribution is 0.210. The first kappa shape index (κ1) is 21.6. The molecule has 3 heteroatoms. The van der Waals surface area contributed by atoms with Gasteiger partial charge in [0.05, 0.1) is 0 Å². The van der Waals surface area contributed by atoms with Gasteiger partial charge in [0.25, 0.3) is 0 Å². The molecule has 0 spiro atoms. The molecule has 0 amide bonds. The molecule has 0 aromatic heterocycles. The van der Waals surface area contributed by atoms with Crippen LogP contribution in [-0.2, 0) is 0 Å². The van der Waals surface area contributed by atoms with Crippen LogP contribution in [0.1, 0.15) is 95.1 Å². The summed E-state index contributed by atoms with van der Waals surface area (Å²) in [5.74, 6) is 0.676. The van der Waals surface area contributed by atoms with Crippen LogP contribution in [-0.4, -0.2) is 17.5 Å². The molecule has 1 aromatic carbocycles. The van der Waals surface area contributed by atoms with E-state index in [2.05, 4.69) is 43.0 Å². The number of nitrogens with zero attached hydrogens (tertiary/aromatic N) is 1. The molecule has 2 aliphatic rings. The van der Waals surface area contributed by atoms with E-state index < -0.39 is 0 Å². The fourth-order valence-corrected chi connectivity index (χ4v) is 5.23. The minimum atomic E-state index is 0. The fourth-order valence-electron chi connectivity index (χ4n) is 4.89. The smallest absolute Gasteiger partial charge is 0.0446 e. The topological polar surface area (TPSA) is 3.24 Å². The SMILES string of the molecule is CCN(/C(C)=C\c1ccc(C2CCCCC2)c(Cl)c1)C1CCCCC1.Cl. The fraction of sp³-hybridized carbons (Fsp3) is 0.652. The molecule has 3 rings (SSSR count). The molecule has 1 aromatic rings. The zero-order valence-corrected chi connectivity index (χ0v) is 18.0. The van der Waals surface area contributed by atoms with Gasteiger partial charge in [-0.15, -0.1) is 12.4 Å². The van der Waals surface area contributed by atoms with E-state index in [1.54, 1.807) is 0 Å².